The van der Waals surface area contributed by atoms with Gasteiger partial charge in [0.05, 0.1) is 4.91 Å². The molecule has 0 unspecified atom stereocenters. The van der Waals surface area contributed by atoms with E-state index < -0.39 is 0 Å². The molecule has 4 nitrogen and oxygen atoms in total. The number of halogens is 3. The minimum atomic E-state index is -0.119. The topological polar surface area (TPSA) is 44.7 Å². The lowest BCUT2D eigenvalue weighted by Gasteiger charge is -2.25. The zero-order chi connectivity index (χ0) is 17.8. The minimum absolute atomic E-state index is 0. The van der Waals surface area contributed by atoms with Crippen molar-refractivity contribution in [3.63, 3.8) is 0 Å². The first-order chi connectivity index (χ1) is 12.1. The van der Waals surface area contributed by atoms with Crippen LogP contribution in [0.15, 0.2) is 33.8 Å². The van der Waals surface area contributed by atoms with Gasteiger partial charge in [-0.1, -0.05) is 43.0 Å². The highest BCUT2D eigenvalue weighted by Gasteiger charge is 2.33. The van der Waals surface area contributed by atoms with Crippen LogP contribution in [-0.2, 0) is 4.79 Å². The third-order valence-corrected chi connectivity index (χ3v) is 5.74. The van der Waals surface area contributed by atoms with E-state index in [1.54, 1.807) is 18.2 Å². The number of fused-ring (bicyclic) bond motifs is 1. The Hall–Kier alpha value is -0.880. The van der Waals surface area contributed by atoms with Crippen LogP contribution in [0, 0.1) is 0 Å². The fourth-order valence-electron chi connectivity index (χ4n) is 2.98. The van der Waals surface area contributed by atoms with Crippen molar-refractivity contribution in [2.24, 2.45) is 4.99 Å². The normalized spacial score (nSPS) is 16.1. The Labute approximate surface area is 174 Å². The van der Waals surface area contributed by atoms with Crippen LogP contribution in [0.1, 0.15) is 39.0 Å². The highest BCUT2D eigenvalue weighted by molar-refractivity contribution is 8.18. The van der Waals surface area contributed by atoms with Crippen molar-refractivity contribution in [3.8, 4) is 0 Å². The maximum absolute atomic E-state index is 12.9. The zero-order valence-corrected chi connectivity index (χ0v) is 17.7. The highest BCUT2D eigenvalue weighted by Crippen LogP contribution is 2.39. The Bertz CT molecular complexity index is 716. The van der Waals surface area contributed by atoms with E-state index in [1.165, 1.54) is 11.8 Å². The number of unbranched alkanes of at least 4 members (excludes halogenated alkanes) is 2. The molecule has 1 amide bonds. The van der Waals surface area contributed by atoms with Crippen LogP contribution in [0.5, 0.6) is 0 Å². The average Bonchev–Trinajstić information content (AvgIpc) is 2.93. The van der Waals surface area contributed by atoms with Gasteiger partial charge in [0.2, 0.25) is 0 Å². The fraction of sp³-hybridized carbons (Fsp3) is 0.444. The maximum atomic E-state index is 12.9. The number of thioether (sulfide) groups is 1. The number of carbonyl (C=O) groups is 1. The lowest BCUT2D eigenvalue weighted by atomic mass is 10.1. The van der Waals surface area contributed by atoms with Crippen LogP contribution >= 0.6 is 47.4 Å². The van der Waals surface area contributed by atoms with Gasteiger partial charge < -0.3 is 10.2 Å². The molecule has 2 heterocycles. The van der Waals surface area contributed by atoms with Crippen LogP contribution in [0.3, 0.4) is 0 Å². The molecule has 3 rings (SSSR count). The second kappa shape index (κ2) is 9.88. The number of hydrogen-bond acceptors (Lipinski definition) is 4. The largest absolute Gasteiger partial charge is 0.323 e. The second-order valence-corrected chi connectivity index (χ2v) is 7.97. The smallest absolute Gasteiger partial charge is 0.264 e. The molecule has 1 aromatic carbocycles. The summed E-state index contributed by atoms with van der Waals surface area (Å²) < 4.78 is 0. The van der Waals surface area contributed by atoms with E-state index in [0.717, 1.165) is 61.0 Å². The molecule has 2 aliphatic heterocycles. The van der Waals surface area contributed by atoms with Crippen molar-refractivity contribution in [1.29, 1.82) is 0 Å². The summed E-state index contributed by atoms with van der Waals surface area (Å²) in [5.74, 6) is -0.119. The van der Waals surface area contributed by atoms with Crippen LogP contribution in [0.2, 0.25) is 10.0 Å². The van der Waals surface area contributed by atoms with Gasteiger partial charge in [-0.25, -0.2) is 0 Å². The molecule has 2 aliphatic rings. The Balaban J connectivity index is 0.00000243. The number of amides is 1. The zero-order valence-electron chi connectivity index (χ0n) is 14.6. The van der Waals surface area contributed by atoms with E-state index in [0.29, 0.717) is 15.7 Å². The standard InChI is InChI=1S/C18H21Cl2N3OS.ClH/c1-2-3-4-6-15-16(25-18-21-7-5-8-23(15)18)17(24)22-14-10-12(19)9-13(20)11-14;/h9-11H,2-8H2,1H3,(H,22,24);1H. The molecule has 0 aromatic heterocycles. The number of anilines is 1. The minimum Gasteiger partial charge on any atom is -0.323 e. The monoisotopic (exact) mass is 433 g/mol. The van der Waals surface area contributed by atoms with Gasteiger partial charge in [0, 0.05) is 34.5 Å². The van der Waals surface area contributed by atoms with Gasteiger partial charge in [0.15, 0.2) is 5.17 Å². The summed E-state index contributed by atoms with van der Waals surface area (Å²) in [6.45, 7) is 3.95. The van der Waals surface area contributed by atoms with Crippen molar-refractivity contribution < 1.29 is 4.79 Å². The Morgan fingerprint density at radius 1 is 1.27 bits per heavy atom. The van der Waals surface area contributed by atoms with Gasteiger partial charge in [-0.2, -0.15) is 0 Å². The number of nitrogens with one attached hydrogen (secondary N) is 1. The number of hydrogen-bond donors (Lipinski definition) is 1. The number of rotatable bonds is 6. The molecule has 0 spiro atoms. The number of benzene rings is 1. The van der Waals surface area contributed by atoms with Gasteiger partial charge in [0.25, 0.3) is 5.91 Å². The molecule has 0 fully saturated rings. The van der Waals surface area contributed by atoms with E-state index in [2.05, 4.69) is 22.1 Å². The summed E-state index contributed by atoms with van der Waals surface area (Å²) >= 11 is 13.5. The van der Waals surface area contributed by atoms with Crippen LogP contribution in [0.25, 0.3) is 0 Å². The van der Waals surface area contributed by atoms with Gasteiger partial charge in [-0.3, -0.25) is 9.79 Å². The second-order valence-electron chi connectivity index (χ2n) is 6.12. The fourth-order valence-corrected chi connectivity index (χ4v) is 4.63. The lowest BCUT2D eigenvalue weighted by Crippen LogP contribution is -2.29. The molecule has 26 heavy (non-hydrogen) atoms. The molecule has 0 radical (unpaired) electrons. The summed E-state index contributed by atoms with van der Waals surface area (Å²) in [5, 5.41) is 4.88. The van der Waals surface area contributed by atoms with Gasteiger partial charge in [-0.15, -0.1) is 12.4 Å². The first-order valence-electron chi connectivity index (χ1n) is 8.59. The Morgan fingerprint density at radius 2 is 2.00 bits per heavy atom. The van der Waals surface area contributed by atoms with Gasteiger partial charge in [0.1, 0.15) is 0 Å². The molecule has 1 N–H and O–H groups in total. The Morgan fingerprint density at radius 3 is 2.69 bits per heavy atom. The third-order valence-electron chi connectivity index (χ3n) is 4.14. The van der Waals surface area contributed by atoms with Crippen molar-refractivity contribution in [2.45, 2.75) is 39.0 Å². The summed E-state index contributed by atoms with van der Waals surface area (Å²) in [7, 11) is 0. The molecule has 1 aromatic rings. The van der Waals surface area contributed by atoms with Crippen LogP contribution < -0.4 is 5.32 Å². The number of aliphatic imine (C=N–C) groups is 1. The van der Waals surface area contributed by atoms with E-state index >= 15 is 0 Å². The van der Waals surface area contributed by atoms with Crippen molar-refractivity contribution in [2.75, 3.05) is 18.4 Å². The molecule has 0 saturated carbocycles. The maximum Gasteiger partial charge on any atom is 0.264 e. The van der Waals surface area contributed by atoms with Crippen molar-refractivity contribution in [1.82, 2.24) is 4.90 Å². The predicted octanol–water partition coefficient (Wildman–Crippen LogP) is 5.95. The lowest BCUT2D eigenvalue weighted by molar-refractivity contribution is -0.112. The van der Waals surface area contributed by atoms with Crippen LogP contribution in [-0.4, -0.2) is 29.1 Å². The first kappa shape index (κ1) is 21.4. The van der Waals surface area contributed by atoms with Gasteiger partial charge in [-0.05, 0) is 49.2 Å². The van der Waals surface area contributed by atoms with E-state index in [1.807, 2.05) is 0 Å². The number of nitrogens with zero attached hydrogens (tertiary/aromatic N) is 2. The molecule has 0 atom stereocenters. The first-order valence-corrected chi connectivity index (χ1v) is 10.2. The highest BCUT2D eigenvalue weighted by atomic mass is 35.5. The Kier molecular flexibility index (Phi) is 8.14. The molecule has 0 aliphatic carbocycles. The molecular formula is C18H22Cl3N3OS. The number of carbonyl (C=O) groups excluding carboxylic acids is 1. The summed E-state index contributed by atoms with van der Waals surface area (Å²) in [5.41, 5.74) is 1.71. The summed E-state index contributed by atoms with van der Waals surface area (Å²) in [4.78, 5) is 20.4. The molecular weight excluding hydrogens is 413 g/mol. The number of amidine groups is 1. The molecule has 8 heteroatoms. The predicted molar refractivity (Wildman–Crippen MR) is 115 cm³/mol. The summed E-state index contributed by atoms with van der Waals surface area (Å²) in [6.07, 6.45) is 5.33. The molecule has 0 saturated heterocycles. The number of allylic oxidation sites excluding steroid dienone is 1. The third kappa shape index (κ3) is 5.10. The SMILES string of the molecule is CCCCCC1=C(C(=O)Nc2cc(Cl)cc(Cl)c2)SC2=NCCCN21.Cl. The van der Waals surface area contributed by atoms with E-state index in [9.17, 15) is 4.79 Å². The van der Waals surface area contributed by atoms with Crippen molar-refractivity contribution in [3.05, 3.63) is 38.8 Å². The van der Waals surface area contributed by atoms with E-state index in [4.69, 9.17) is 23.2 Å². The van der Waals surface area contributed by atoms with Gasteiger partial charge >= 0.3 is 0 Å². The van der Waals surface area contributed by atoms with Crippen molar-refractivity contribution >= 4 is 64.1 Å². The molecule has 142 valence electrons. The summed E-state index contributed by atoms with van der Waals surface area (Å²) in [6, 6.07) is 5.05. The van der Waals surface area contributed by atoms with Crippen LogP contribution in [0.4, 0.5) is 5.69 Å². The quantitative estimate of drug-likeness (QED) is 0.562. The average molecular weight is 435 g/mol. The molecule has 0 bridgehead atoms. The van der Waals surface area contributed by atoms with E-state index in [-0.39, 0.29) is 18.3 Å².